The van der Waals surface area contributed by atoms with Crippen molar-refractivity contribution in [3.63, 3.8) is 0 Å². The molecule has 0 aromatic rings. The topological polar surface area (TPSA) is 37.4 Å². The number of nitrogens with zero attached hydrogens (tertiary/aromatic N) is 1. The van der Waals surface area contributed by atoms with Crippen LogP contribution >= 0.6 is 11.6 Å². The van der Waals surface area contributed by atoms with Gasteiger partial charge in [0.2, 0.25) is 0 Å². The van der Waals surface area contributed by atoms with Crippen LogP contribution in [0.25, 0.3) is 0 Å². The third-order valence-electron chi connectivity index (χ3n) is 4.00. The highest BCUT2D eigenvalue weighted by molar-refractivity contribution is 7.91. The van der Waals surface area contributed by atoms with Gasteiger partial charge >= 0.3 is 0 Å². The average Bonchev–Trinajstić information content (AvgIpc) is 2.47. The predicted molar refractivity (Wildman–Crippen MR) is 71.3 cm³/mol. The first-order valence-corrected chi connectivity index (χ1v) is 8.88. The third kappa shape index (κ3) is 3.36. The Morgan fingerprint density at radius 2 is 1.76 bits per heavy atom. The number of hydrogen-bond acceptors (Lipinski definition) is 3. The second-order valence-electron chi connectivity index (χ2n) is 5.34. The van der Waals surface area contributed by atoms with Crippen molar-refractivity contribution in [1.29, 1.82) is 0 Å². The lowest BCUT2D eigenvalue weighted by molar-refractivity contribution is 0.152. The quantitative estimate of drug-likeness (QED) is 0.723. The van der Waals surface area contributed by atoms with Crippen molar-refractivity contribution < 1.29 is 8.42 Å². The molecule has 5 heteroatoms. The number of alkyl halides is 1. The summed E-state index contributed by atoms with van der Waals surface area (Å²) in [5.74, 6) is 0.648. The van der Waals surface area contributed by atoms with Gasteiger partial charge in [0.1, 0.15) is 0 Å². The molecular formula is C12H22ClNO2S. The fraction of sp³-hybridized carbons (Fsp3) is 1.00. The van der Waals surface area contributed by atoms with E-state index in [1.807, 2.05) is 6.92 Å². The van der Waals surface area contributed by atoms with E-state index in [4.69, 9.17) is 11.6 Å². The second-order valence-corrected chi connectivity index (χ2v) is 8.26. The zero-order chi connectivity index (χ0) is 12.5. The summed E-state index contributed by atoms with van der Waals surface area (Å²) in [6.07, 6.45) is 5.18. The van der Waals surface area contributed by atoms with Gasteiger partial charge in [-0.1, -0.05) is 6.92 Å². The molecule has 0 aromatic carbocycles. The minimum atomic E-state index is -2.84. The summed E-state index contributed by atoms with van der Waals surface area (Å²) in [6.45, 7) is 2.63. The minimum absolute atomic E-state index is 0.302. The molecule has 2 rings (SSSR count). The summed E-state index contributed by atoms with van der Waals surface area (Å²) in [5, 5.41) is 0.302. The van der Waals surface area contributed by atoms with Gasteiger partial charge in [-0.05, 0) is 32.1 Å². The number of piperidine rings is 1. The highest BCUT2D eigenvalue weighted by Crippen LogP contribution is 2.37. The van der Waals surface area contributed by atoms with E-state index < -0.39 is 9.84 Å². The molecule has 0 N–H and O–H groups in total. The van der Waals surface area contributed by atoms with Crippen molar-refractivity contribution in [2.45, 2.75) is 56.5 Å². The van der Waals surface area contributed by atoms with Gasteiger partial charge < -0.3 is 0 Å². The average molecular weight is 280 g/mol. The Kier molecular flexibility index (Phi) is 4.37. The van der Waals surface area contributed by atoms with E-state index >= 15 is 0 Å². The molecule has 0 aromatic heterocycles. The van der Waals surface area contributed by atoms with Crippen LogP contribution in [0.5, 0.6) is 0 Å². The van der Waals surface area contributed by atoms with Crippen LogP contribution in [-0.4, -0.2) is 48.8 Å². The SMILES string of the molecule is CCCS(=O)(=O)CCN1C2CCC1CC(Cl)C2. The highest BCUT2D eigenvalue weighted by atomic mass is 35.5. The van der Waals surface area contributed by atoms with E-state index in [1.54, 1.807) is 0 Å². The molecule has 0 amide bonds. The van der Waals surface area contributed by atoms with E-state index in [0.29, 0.717) is 35.5 Å². The van der Waals surface area contributed by atoms with Gasteiger partial charge in [-0.25, -0.2) is 8.42 Å². The Hall–Kier alpha value is 0.200. The Morgan fingerprint density at radius 3 is 2.29 bits per heavy atom. The van der Waals surface area contributed by atoms with Crippen molar-refractivity contribution in [2.75, 3.05) is 18.1 Å². The van der Waals surface area contributed by atoms with Gasteiger partial charge in [0.25, 0.3) is 0 Å². The summed E-state index contributed by atoms with van der Waals surface area (Å²) < 4.78 is 23.4. The number of sulfone groups is 1. The summed E-state index contributed by atoms with van der Waals surface area (Å²) in [4.78, 5) is 2.39. The summed E-state index contributed by atoms with van der Waals surface area (Å²) in [6, 6.07) is 1.07. The maximum absolute atomic E-state index is 11.7. The first kappa shape index (κ1) is 13.6. The van der Waals surface area contributed by atoms with Crippen LogP contribution in [-0.2, 0) is 9.84 Å². The van der Waals surface area contributed by atoms with Gasteiger partial charge in [0.05, 0.1) is 5.75 Å². The van der Waals surface area contributed by atoms with Gasteiger partial charge in [-0.15, -0.1) is 11.6 Å². The van der Waals surface area contributed by atoms with E-state index in [2.05, 4.69) is 4.90 Å². The normalized spacial score (nSPS) is 34.1. The van der Waals surface area contributed by atoms with Crippen LogP contribution in [0.3, 0.4) is 0 Å². The van der Waals surface area contributed by atoms with Crippen molar-refractivity contribution in [3.8, 4) is 0 Å². The molecule has 2 aliphatic rings. The van der Waals surface area contributed by atoms with Crippen molar-refractivity contribution in [3.05, 3.63) is 0 Å². The van der Waals surface area contributed by atoms with Crippen molar-refractivity contribution in [1.82, 2.24) is 4.90 Å². The predicted octanol–water partition coefficient (Wildman–Crippen LogP) is 2.05. The first-order valence-electron chi connectivity index (χ1n) is 6.62. The zero-order valence-electron chi connectivity index (χ0n) is 10.4. The van der Waals surface area contributed by atoms with E-state index in [0.717, 1.165) is 19.3 Å². The van der Waals surface area contributed by atoms with Gasteiger partial charge in [-0.2, -0.15) is 0 Å². The Morgan fingerprint density at radius 1 is 1.18 bits per heavy atom. The standard InChI is InChI=1S/C12H22ClNO2S/c1-2-6-17(15,16)7-5-14-11-3-4-12(14)9-10(13)8-11/h10-12H,2-9H2,1H3. The molecule has 2 unspecified atom stereocenters. The third-order valence-corrected chi connectivity index (χ3v) is 6.19. The number of rotatable bonds is 5. The van der Waals surface area contributed by atoms with Crippen molar-refractivity contribution >= 4 is 21.4 Å². The minimum Gasteiger partial charge on any atom is -0.296 e. The first-order chi connectivity index (χ1) is 8.02. The molecule has 2 heterocycles. The lowest BCUT2D eigenvalue weighted by Gasteiger charge is -2.36. The molecule has 100 valence electrons. The van der Waals surface area contributed by atoms with Crippen LogP contribution in [0, 0.1) is 0 Å². The maximum Gasteiger partial charge on any atom is 0.151 e. The van der Waals surface area contributed by atoms with Gasteiger partial charge in [-0.3, -0.25) is 4.90 Å². The molecule has 2 fully saturated rings. The number of hydrogen-bond donors (Lipinski definition) is 0. The fourth-order valence-electron chi connectivity index (χ4n) is 3.23. The Bertz CT molecular complexity index is 344. The molecule has 2 bridgehead atoms. The number of halogens is 1. The van der Waals surface area contributed by atoms with Crippen LogP contribution in [0.2, 0.25) is 0 Å². The van der Waals surface area contributed by atoms with Crippen molar-refractivity contribution in [2.24, 2.45) is 0 Å². The van der Waals surface area contributed by atoms with E-state index in [1.165, 1.54) is 12.8 Å². The van der Waals surface area contributed by atoms with E-state index in [-0.39, 0.29) is 0 Å². The van der Waals surface area contributed by atoms with Crippen LogP contribution in [0.1, 0.15) is 39.0 Å². The summed E-state index contributed by atoms with van der Waals surface area (Å²) >= 11 is 6.21. The molecule has 0 saturated carbocycles. The number of fused-ring (bicyclic) bond motifs is 2. The Labute approximate surface area is 109 Å². The maximum atomic E-state index is 11.7. The summed E-state index contributed by atoms with van der Waals surface area (Å²) in [7, 11) is -2.84. The summed E-state index contributed by atoms with van der Waals surface area (Å²) in [5.41, 5.74) is 0. The fourth-order valence-corrected chi connectivity index (χ4v) is 4.96. The molecule has 17 heavy (non-hydrogen) atoms. The molecular weight excluding hydrogens is 258 g/mol. The van der Waals surface area contributed by atoms with Crippen LogP contribution in [0.15, 0.2) is 0 Å². The smallest absolute Gasteiger partial charge is 0.151 e. The lowest BCUT2D eigenvalue weighted by atomic mass is 10.0. The van der Waals surface area contributed by atoms with Crippen LogP contribution < -0.4 is 0 Å². The van der Waals surface area contributed by atoms with Gasteiger partial charge in [0, 0.05) is 29.8 Å². The molecule has 0 spiro atoms. The molecule has 0 aliphatic carbocycles. The molecule has 0 radical (unpaired) electrons. The van der Waals surface area contributed by atoms with Crippen LogP contribution in [0.4, 0.5) is 0 Å². The second kappa shape index (κ2) is 5.45. The monoisotopic (exact) mass is 279 g/mol. The molecule has 2 atom stereocenters. The highest BCUT2D eigenvalue weighted by Gasteiger charge is 2.40. The molecule has 3 nitrogen and oxygen atoms in total. The molecule has 2 aliphatic heterocycles. The van der Waals surface area contributed by atoms with E-state index in [9.17, 15) is 8.42 Å². The zero-order valence-corrected chi connectivity index (χ0v) is 12.0. The Balaban J connectivity index is 1.88. The molecule has 2 saturated heterocycles. The lowest BCUT2D eigenvalue weighted by Crippen LogP contribution is -2.45. The largest absolute Gasteiger partial charge is 0.296 e. The van der Waals surface area contributed by atoms with Gasteiger partial charge in [0.15, 0.2) is 9.84 Å².